The van der Waals surface area contributed by atoms with Crippen molar-refractivity contribution < 1.29 is 24.5 Å². The van der Waals surface area contributed by atoms with Gasteiger partial charge in [0.1, 0.15) is 5.75 Å². The number of aromatic hydroxyl groups is 1. The Morgan fingerprint density at radius 1 is 1.26 bits per heavy atom. The van der Waals surface area contributed by atoms with E-state index in [9.17, 15) is 9.90 Å². The number of ether oxygens (including phenoxy) is 1. The maximum atomic E-state index is 11.1. The van der Waals surface area contributed by atoms with Gasteiger partial charge in [-0.15, -0.1) is 0 Å². The first kappa shape index (κ1) is 20.7. The SMILES string of the molecule is CC(C)(C)n1c(C=O)cc2c(O)cccc21.CCOC.O=CO. The Hall–Kier alpha value is -2.34. The molecule has 0 saturated carbocycles. The second-order valence-electron chi connectivity index (χ2n) is 5.59. The number of rotatable bonds is 2. The first-order chi connectivity index (χ1) is 10.8. The number of hydrogen-bond donors (Lipinski definition) is 2. The fourth-order valence-corrected chi connectivity index (χ4v) is 2.07. The number of nitrogens with zero attached hydrogens (tertiary/aromatic N) is 1. The summed E-state index contributed by atoms with van der Waals surface area (Å²) in [5.41, 5.74) is 1.28. The summed E-state index contributed by atoms with van der Waals surface area (Å²) >= 11 is 0. The topological polar surface area (TPSA) is 88.8 Å². The number of phenolic OH excluding ortho intramolecular Hbond substituents is 1. The van der Waals surface area contributed by atoms with Crippen molar-refractivity contribution in [2.75, 3.05) is 13.7 Å². The monoisotopic (exact) mass is 323 g/mol. The fourth-order valence-electron chi connectivity index (χ4n) is 2.07. The number of methoxy groups -OCH3 is 1. The van der Waals surface area contributed by atoms with Crippen LogP contribution in [0.2, 0.25) is 0 Å². The van der Waals surface area contributed by atoms with Crippen LogP contribution < -0.4 is 0 Å². The fraction of sp³-hybridized carbons (Fsp3) is 0.412. The molecule has 0 atom stereocenters. The van der Waals surface area contributed by atoms with E-state index >= 15 is 0 Å². The number of aldehydes is 1. The quantitative estimate of drug-likeness (QED) is 0.828. The van der Waals surface area contributed by atoms with Gasteiger partial charge in [-0.05, 0) is 45.9 Å². The highest BCUT2D eigenvalue weighted by Gasteiger charge is 2.20. The van der Waals surface area contributed by atoms with Crippen LogP contribution in [0.5, 0.6) is 5.75 Å². The van der Waals surface area contributed by atoms with E-state index in [1.807, 2.05) is 38.3 Å². The van der Waals surface area contributed by atoms with Gasteiger partial charge in [0.25, 0.3) is 6.47 Å². The molecule has 0 unspecified atom stereocenters. The molecule has 0 bridgehead atoms. The first-order valence-corrected chi connectivity index (χ1v) is 7.14. The number of benzene rings is 1. The summed E-state index contributed by atoms with van der Waals surface area (Å²) < 4.78 is 6.48. The first-order valence-electron chi connectivity index (χ1n) is 7.14. The third-order valence-corrected chi connectivity index (χ3v) is 2.93. The van der Waals surface area contributed by atoms with Crippen molar-refractivity contribution in [1.29, 1.82) is 0 Å². The lowest BCUT2D eigenvalue weighted by molar-refractivity contribution is -0.122. The number of carboxylic acid groups (broad SMARTS) is 1. The van der Waals surface area contributed by atoms with Gasteiger partial charge in [-0.25, -0.2) is 0 Å². The van der Waals surface area contributed by atoms with Gasteiger partial charge in [0.05, 0.1) is 11.2 Å². The highest BCUT2D eigenvalue weighted by Crippen LogP contribution is 2.31. The van der Waals surface area contributed by atoms with E-state index in [1.54, 1.807) is 25.3 Å². The average molecular weight is 323 g/mol. The molecule has 2 N–H and O–H groups in total. The predicted octanol–water partition coefficient (Wildman–Crippen LogP) is 3.27. The normalized spacial score (nSPS) is 10.1. The Labute approximate surface area is 136 Å². The molecule has 2 aromatic rings. The molecule has 0 spiro atoms. The molecule has 128 valence electrons. The van der Waals surface area contributed by atoms with Gasteiger partial charge in [0, 0.05) is 24.6 Å². The van der Waals surface area contributed by atoms with Crippen molar-refractivity contribution in [3.63, 3.8) is 0 Å². The molecule has 6 heteroatoms. The highest BCUT2D eigenvalue weighted by molar-refractivity contribution is 5.93. The van der Waals surface area contributed by atoms with Gasteiger partial charge in [0.2, 0.25) is 0 Å². The van der Waals surface area contributed by atoms with Crippen LogP contribution in [0.25, 0.3) is 10.9 Å². The minimum absolute atomic E-state index is 0.189. The molecule has 0 amide bonds. The zero-order valence-electron chi connectivity index (χ0n) is 14.2. The van der Waals surface area contributed by atoms with Gasteiger partial charge >= 0.3 is 0 Å². The number of carbonyl (C=O) groups is 2. The Bertz CT molecular complexity index is 624. The summed E-state index contributed by atoms with van der Waals surface area (Å²) in [5, 5.41) is 17.4. The van der Waals surface area contributed by atoms with Gasteiger partial charge in [0.15, 0.2) is 6.29 Å². The number of aromatic nitrogens is 1. The van der Waals surface area contributed by atoms with Crippen molar-refractivity contribution in [3.8, 4) is 5.75 Å². The standard InChI is InChI=1S/C13H15NO2.C3H8O.CH2O2/c1-13(2,3)14-9(8-15)7-10-11(14)5-4-6-12(10)16;1-3-4-2;2-1-3/h4-8,16H,1-3H3;3H2,1-2H3;1H,(H,2,3). The van der Waals surface area contributed by atoms with E-state index in [2.05, 4.69) is 4.74 Å². The van der Waals surface area contributed by atoms with Gasteiger partial charge < -0.3 is 19.5 Å². The molecule has 0 radical (unpaired) electrons. The average Bonchev–Trinajstić information content (AvgIpc) is 2.88. The number of hydrogen-bond acceptors (Lipinski definition) is 4. The summed E-state index contributed by atoms with van der Waals surface area (Å²) in [4.78, 5) is 19.4. The van der Waals surface area contributed by atoms with Crippen molar-refractivity contribution in [1.82, 2.24) is 4.57 Å². The largest absolute Gasteiger partial charge is 0.507 e. The third-order valence-electron chi connectivity index (χ3n) is 2.93. The van der Waals surface area contributed by atoms with E-state index in [-0.39, 0.29) is 17.8 Å². The maximum absolute atomic E-state index is 11.1. The zero-order valence-corrected chi connectivity index (χ0v) is 14.2. The third kappa shape index (κ3) is 5.75. The Kier molecular flexibility index (Phi) is 8.65. The lowest BCUT2D eigenvalue weighted by Crippen LogP contribution is -2.23. The van der Waals surface area contributed by atoms with Crippen molar-refractivity contribution in [2.45, 2.75) is 33.2 Å². The minimum atomic E-state index is -0.250. The lowest BCUT2D eigenvalue weighted by atomic mass is 10.1. The van der Waals surface area contributed by atoms with Crippen LogP contribution in [0.15, 0.2) is 24.3 Å². The van der Waals surface area contributed by atoms with E-state index in [4.69, 9.17) is 9.90 Å². The summed E-state index contributed by atoms with van der Waals surface area (Å²) in [6.07, 6.45) is 0.824. The van der Waals surface area contributed by atoms with Crippen LogP contribution in [-0.4, -0.2) is 41.3 Å². The molecule has 2 rings (SSSR count). The van der Waals surface area contributed by atoms with E-state index < -0.39 is 0 Å². The molecular weight excluding hydrogens is 298 g/mol. The van der Waals surface area contributed by atoms with E-state index in [0.717, 1.165) is 23.8 Å². The summed E-state index contributed by atoms with van der Waals surface area (Å²) in [6, 6.07) is 7.05. The number of phenols is 1. The van der Waals surface area contributed by atoms with Crippen LogP contribution in [0, 0.1) is 0 Å². The number of carbonyl (C=O) groups excluding carboxylic acids is 1. The second kappa shape index (κ2) is 9.63. The maximum Gasteiger partial charge on any atom is 0.290 e. The summed E-state index contributed by atoms with van der Waals surface area (Å²) in [6.45, 7) is 8.62. The van der Waals surface area contributed by atoms with Crippen molar-refractivity contribution >= 4 is 23.7 Å². The highest BCUT2D eigenvalue weighted by atomic mass is 16.5. The molecule has 1 aromatic heterocycles. The molecule has 0 aliphatic carbocycles. The van der Waals surface area contributed by atoms with Crippen LogP contribution in [0.1, 0.15) is 38.2 Å². The summed E-state index contributed by atoms with van der Waals surface area (Å²) in [7, 11) is 1.68. The Morgan fingerprint density at radius 2 is 1.78 bits per heavy atom. The molecule has 6 nitrogen and oxygen atoms in total. The smallest absolute Gasteiger partial charge is 0.290 e. The van der Waals surface area contributed by atoms with Gasteiger partial charge in [-0.3, -0.25) is 9.59 Å². The summed E-state index contributed by atoms with van der Waals surface area (Å²) in [5.74, 6) is 0.212. The lowest BCUT2D eigenvalue weighted by Gasteiger charge is -2.24. The molecule has 1 aromatic carbocycles. The van der Waals surface area contributed by atoms with Gasteiger partial charge in [-0.2, -0.15) is 0 Å². The second-order valence-corrected chi connectivity index (χ2v) is 5.59. The molecule has 1 heterocycles. The molecule has 0 fully saturated rings. The van der Waals surface area contributed by atoms with E-state index in [0.29, 0.717) is 5.69 Å². The Balaban J connectivity index is 0.000000591. The van der Waals surface area contributed by atoms with Crippen molar-refractivity contribution in [3.05, 3.63) is 30.0 Å². The molecular formula is C17H25NO5. The Morgan fingerprint density at radius 3 is 2.17 bits per heavy atom. The van der Waals surface area contributed by atoms with Crippen LogP contribution in [0.4, 0.5) is 0 Å². The van der Waals surface area contributed by atoms with Crippen molar-refractivity contribution in [2.24, 2.45) is 0 Å². The molecule has 0 aliphatic rings. The van der Waals surface area contributed by atoms with Crippen LogP contribution in [0.3, 0.4) is 0 Å². The van der Waals surface area contributed by atoms with Gasteiger partial charge in [-0.1, -0.05) is 6.07 Å². The molecule has 23 heavy (non-hydrogen) atoms. The van der Waals surface area contributed by atoms with E-state index in [1.165, 1.54) is 0 Å². The van der Waals surface area contributed by atoms with Crippen LogP contribution in [-0.2, 0) is 15.1 Å². The molecule has 0 aliphatic heterocycles. The molecule has 0 saturated heterocycles. The number of fused-ring (bicyclic) bond motifs is 1. The van der Waals surface area contributed by atoms with Crippen LogP contribution >= 0.6 is 0 Å². The minimum Gasteiger partial charge on any atom is -0.507 e. The predicted molar refractivity (Wildman–Crippen MR) is 90.2 cm³/mol. The zero-order chi connectivity index (χ0) is 18.0.